The third-order valence-electron chi connectivity index (χ3n) is 3.98. The van der Waals surface area contributed by atoms with Crippen molar-refractivity contribution in [3.05, 3.63) is 82.8 Å². The predicted octanol–water partition coefficient (Wildman–Crippen LogP) is 2.74. The number of carbonyl (C=O) groups excluding carboxylic acids is 1. The lowest BCUT2D eigenvalue weighted by Crippen LogP contribution is -2.28. The third kappa shape index (κ3) is 3.85. The summed E-state index contributed by atoms with van der Waals surface area (Å²) in [6.07, 6.45) is 2.60. The molecule has 0 saturated heterocycles. The fraction of sp³-hybridized carbons (Fsp3) is 0.0526. The Hall–Kier alpha value is -4.15. The van der Waals surface area contributed by atoms with Crippen molar-refractivity contribution >= 4 is 17.2 Å². The van der Waals surface area contributed by atoms with Gasteiger partial charge in [0, 0.05) is 24.5 Å². The van der Waals surface area contributed by atoms with E-state index >= 15 is 0 Å². The summed E-state index contributed by atoms with van der Waals surface area (Å²) in [4.78, 5) is 28.7. The first kappa shape index (κ1) is 19.2. The van der Waals surface area contributed by atoms with Crippen LogP contribution in [0.25, 0.3) is 5.65 Å². The zero-order valence-corrected chi connectivity index (χ0v) is 15.1. The Morgan fingerprint density at radius 3 is 2.67 bits per heavy atom. The van der Waals surface area contributed by atoms with Crippen LogP contribution in [0, 0.1) is 17.5 Å². The molecule has 0 radical (unpaired) electrons. The van der Waals surface area contributed by atoms with Crippen LogP contribution < -0.4 is 15.7 Å². The van der Waals surface area contributed by atoms with Crippen LogP contribution in [0.1, 0.15) is 0 Å². The average molecular weight is 415 g/mol. The van der Waals surface area contributed by atoms with Crippen molar-refractivity contribution in [3.63, 3.8) is 0 Å². The molecule has 0 aliphatic heterocycles. The highest BCUT2D eigenvalue weighted by molar-refractivity contribution is 5.90. The van der Waals surface area contributed by atoms with Crippen LogP contribution in [0.5, 0.6) is 11.6 Å². The Kier molecular flexibility index (Phi) is 4.92. The molecule has 152 valence electrons. The van der Waals surface area contributed by atoms with Crippen molar-refractivity contribution in [1.82, 2.24) is 19.2 Å². The number of halogens is 3. The zero-order chi connectivity index (χ0) is 21.3. The van der Waals surface area contributed by atoms with Gasteiger partial charge < -0.3 is 10.1 Å². The molecule has 0 fully saturated rings. The third-order valence-corrected chi connectivity index (χ3v) is 3.98. The van der Waals surface area contributed by atoms with Gasteiger partial charge in [0.15, 0.2) is 0 Å². The molecule has 2 aromatic heterocycles. The lowest BCUT2D eigenvalue weighted by molar-refractivity contribution is -0.117. The molecule has 0 atom stereocenters. The smallest absolute Gasteiger partial charge is 0.351 e. The fourth-order valence-corrected chi connectivity index (χ4v) is 2.66. The molecular formula is C19H12F3N5O3. The normalized spacial score (nSPS) is 10.9. The molecule has 0 unspecified atom stereocenters. The van der Waals surface area contributed by atoms with Crippen LogP contribution in [-0.4, -0.2) is 25.1 Å². The summed E-state index contributed by atoms with van der Waals surface area (Å²) in [5.41, 5.74) is -0.922. The van der Waals surface area contributed by atoms with Crippen molar-refractivity contribution < 1.29 is 22.7 Å². The number of rotatable bonds is 5. The zero-order valence-electron chi connectivity index (χ0n) is 15.1. The second-order valence-corrected chi connectivity index (χ2v) is 6.10. The molecular weight excluding hydrogens is 403 g/mol. The van der Waals surface area contributed by atoms with E-state index < -0.39 is 35.6 Å². The van der Waals surface area contributed by atoms with Crippen LogP contribution in [0.3, 0.4) is 0 Å². The molecule has 30 heavy (non-hydrogen) atoms. The summed E-state index contributed by atoms with van der Waals surface area (Å²) in [6.45, 7) is -0.545. The van der Waals surface area contributed by atoms with Crippen molar-refractivity contribution in [2.45, 2.75) is 6.54 Å². The topological polar surface area (TPSA) is 90.5 Å². The second-order valence-electron chi connectivity index (χ2n) is 6.10. The van der Waals surface area contributed by atoms with Crippen LogP contribution in [0.15, 0.2) is 59.7 Å². The van der Waals surface area contributed by atoms with Gasteiger partial charge >= 0.3 is 5.69 Å². The van der Waals surface area contributed by atoms with Crippen LogP contribution in [0.2, 0.25) is 0 Å². The van der Waals surface area contributed by atoms with E-state index in [9.17, 15) is 22.8 Å². The summed E-state index contributed by atoms with van der Waals surface area (Å²) in [6, 6.07) is 7.96. The molecule has 0 aliphatic carbocycles. The van der Waals surface area contributed by atoms with E-state index in [1.807, 2.05) is 0 Å². The van der Waals surface area contributed by atoms with Gasteiger partial charge in [-0.25, -0.2) is 32.0 Å². The van der Waals surface area contributed by atoms with Gasteiger partial charge in [0.2, 0.25) is 11.6 Å². The minimum absolute atomic E-state index is 0.00692. The van der Waals surface area contributed by atoms with Gasteiger partial charge in [-0.3, -0.25) is 4.79 Å². The van der Waals surface area contributed by atoms with Gasteiger partial charge in [-0.15, -0.1) is 5.10 Å². The number of fused-ring (bicyclic) bond motifs is 1. The van der Waals surface area contributed by atoms with Gasteiger partial charge in [-0.2, -0.15) is 0 Å². The Bertz CT molecular complexity index is 1320. The highest BCUT2D eigenvalue weighted by Gasteiger charge is 2.16. The van der Waals surface area contributed by atoms with E-state index in [4.69, 9.17) is 4.74 Å². The standard InChI is InChI=1S/C19H12F3N5O3/c20-11-2-1-3-13(8-11)30-18-17-25-27(19(29)26(17)7-6-23-18)10-16(28)24-15-5-4-12(21)9-14(15)22/h1-9H,10H2,(H,24,28). The maximum atomic E-state index is 13.7. The number of nitrogens with zero attached hydrogens (tertiary/aromatic N) is 4. The predicted molar refractivity (Wildman–Crippen MR) is 98.7 cm³/mol. The van der Waals surface area contributed by atoms with Crippen molar-refractivity contribution in [2.24, 2.45) is 0 Å². The number of nitrogens with one attached hydrogen (secondary N) is 1. The van der Waals surface area contributed by atoms with E-state index in [1.54, 1.807) is 0 Å². The molecule has 8 nitrogen and oxygen atoms in total. The highest BCUT2D eigenvalue weighted by Crippen LogP contribution is 2.22. The van der Waals surface area contributed by atoms with Gasteiger partial charge in [0.05, 0.1) is 5.69 Å². The monoisotopic (exact) mass is 415 g/mol. The lowest BCUT2D eigenvalue weighted by atomic mass is 10.3. The van der Waals surface area contributed by atoms with Crippen LogP contribution in [-0.2, 0) is 11.3 Å². The number of aromatic nitrogens is 4. The van der Waals surface area contributed by atoms with Crippen LogP contribution in [0.4, 0.5) is 18.9 Å². The van der Waals surface area contributed by atoms with Gasteiger partial charge in [-0.1, -0.05) is 6.07 Å². The first-order valence-electron chi connectivity index (χ1n) is 8.53. The summed E-state index contributed by atoms with van der Waals surface area (Å²) < 4.78 is 47.4. The van der Waals surface area contributed by atoms with Crippen molar-refractivity contribution in [1.29, 1.82) is 0 Å². The van der Waals surface area contributed by atoms with E-state index in [0.29, 0.717) is 6.07 Å². The number of hydrogen-bond acceptors (Lipinski definition) is 5. The maximum absolute atomic E-state index is 13.7. The Morgan fingerprint density at radius 2 is 1.90 bits per heavy atom. The molecule has 11 heteroatoms. The van der Waals surface area contributed by atoms with Crippen LogP contribution >= 0.6 is 0 Å². The van der Waals surface area contributed by atoms with E-state index in [1.165, 1.54) is 30.6 Å². The summed E-state index contributed by atoms with van der Waals surface area (Å²) in [5, 5.41) is 6.26. The largest absolute Gasteiger partial charge is 0.436 e. The minimum atomic E-state index is -0.958. The molecule has 4 rings (SSSR count). The first-order valence-corrected chi connectivity index (χ1v) is 8.53. The number of benzene rings is 2. The molecule has 0 aliphatic rings. The number of carbonyl (C=O) groups is 1. The molecule has 4 aromatic rings. The molecule has 0 spiro atoms. The first-order chi connectivity index (χ1) is 14.4. The van der Waals surface area contributed by atoms with E-state index in [-0.39, 0.29) is 23.0 Å². The van der Waals surface area contributed by atoms with Crippen molar-refractivity contribution in [2.75, 3.05) is 5.32 Å². The number of hydrogen-bond donors (Lipinski definition) is 1. The highest BCUT2D eigenvalue weighted by atomic mass is 19.1. The minimum Gasteiger partial charge on any atom is -0.436 e. The van der Waals surface area contributed by atoms with E-state index in [2.05, 4.69) is 15.4 Å². The number of anilines is 1. The number of amides is 1. The summed E-state index contributed by atoms with van der Waals surface area (Å²) in [5.74, 6) is -2.97. The number of ether oxygens (including phenoxy) is 1. The summed E-state index contributed by atoms with van der Waals surface area (Å²) in [7, 11) is 0. The van der Waals surface area contributed by atoms with E-state index in [0.717, 1.165) is 27.3 Å². The molecule has 0 bridgehead atoms. The van der Waals surface area contributed by atoms with Gasteiger partial charge in [0.25, 0.3) is 5.88 Å². The second kappa shape index (κ2) is 7.70. The summed E-state index contributed by atoms with van der Waals surface area (Å²) >= 11 is 0. The van der Waals surface area contributed by atoms with Crippen molar-refractivity contribution in [3.8, 4) is 11.6 Å². The quantitative estimate of drug-likeness (QED) is 0.541. The Balaban J connectivity index is 1.60. The van der Waals surface area contributed by atoms with Gasteiger partial charge in [0.1, 0.15) is 29.7 Å². The Morgan fingerprint density at radius 1 is 1.10 bits per heavy atom. The Labute approximate surface area is 166 Å². The molecule has 1 amide bonds. The molecule has 2 aromatic carbocycles. The van der Waals surface area contributed by atoms with Gasteiger partial charge in [-0.05, 0) is 24.3 Å². The molecule has 0 saturated carbocycles. The molecule has 1 N–H and O–H groups in total. The lowest BCUT2D eigenvalue weighted by Gasteiger charge is -2.06. The SMILES string of the molecule is O=C(Cn1nc2c(Oc3cccc(F)c3)nccn2c1=O)Nc1ccc(F)cc1F. The maximum Gasteiger partial charge on any atom is 0.351 e. The molecule has 2 heterocycles. The fourth-order valence-electron chi connectivity index (χ4n) is 2.66. The average Bonchev–Trinajstić information content (AvgIpc) is 3.01.